The van der Waals surface area contributed by atoms with Crippen LogP contribution in [-0.4, -0.2) is 25.0 Å². The van der Waals surface area contributed by atoms with E-state index in [1.807, 2.05) is 0 Å². The molecule has 1 aromatic carbocycles. The van der Waals surface area contributed by atoms with E-state index in [1.165, 1.54) is 6.07 Å². The lowest BCUT2D eigenvalue weighted by atomic mass is 10.3. The minimum atomic E-state index is -3.68. The fourth-order valence-corrected chi connectivity index (χ4v) is 3.27. The summed E-state index contributed by atoms with van der Waals surface area (Å²) in [6, 6.07) is 4.86. The number of sulfonamides is 1. The van der Waals surface area contributed by atoms with Crippen LogP contribution in [0.5, 0.6) is 5.75 Å². The maximum Gasteiger partial charge on any atom is 0.244 e. The average molecular weight is 360 g/mol. The Morgan fingerprint density at radius 3 is 2.90 bits per heavy atom. The molecule has 108 valence electrons. The van der Waals surface area contributed by atoms with Gasteiger partial charge in [0.1, 0.15) is 16.5 Å². The van der Waals surface area contributed by atoms with E-state index in [9.17, 15) is 8.42 Å². The highest BCUT2D eigenvalue weighted by Gasteiger charge is 2.20. The normalized spacial score (nSPS) is 11.5. The van der Waals surface area contributed by atoms with Crippen LogP contribution in [0.25, 0.3) is 0 Å². The molecule has 20 heavy (non-hydrogen) atoms. The van der Waals surface area contributed by atoms with Gasteiger partial charge in [0.15, 0.2) is 0 Å². The third-order valence-electron chi connectivity index (χ3n) is 2.48. The number of halogens is 1. The number of imidazole rings is 1. The predicted molar refractivity (Wildman–Crippen MR) is 77.9 cm³/mol. The maximum atomic E-state index is 12.3. The van der Waals surface area contributed by atoms with Gasteiger partial charge >= 0.3 is 0 Å². The summed E-state index contributed by atoms with van der Waals surface area (Å²) in [5.41, 5.74) is 0. The molecule has 0 saturated heterocycles. The van der Waals surface area contributed by atoms with Crippen molar-refractivity contribution in [2.24, 2.45) is 0 Å². The molecule has 0 aliphatic heterocycles. The van der Waals surface area contributed by atoms with Gasteiger partial charge in [-0.15, -0.1) is 0 Å². The van der Waals surface area contributed by atoms with Gasteiger partial charge in [-0.3, -0.25) is 0 Å². The van der Waals surface area contributed by atoms with Gasteiger partial charge in [-0.2, -0.15) is 0 Å². The number of hydrogen-bond donors (Lipinski definition) is 2. The van der Waals surface area contributed by atoms with Crippen molar-refractivity contribution in [3.63, 3.8) is 0 Å². The Morgan fingerprint density at radius 1 is 1.45 bits per heavy atom. The number of aromatic amines is 1. The Bertz CT molecular complexity index is 671. The molecule has 0 spiro atoms. The van der Waals surface area contributed by atoms with Gasteiger partial charge in [-0.25, -0.2) is 18.1 Å². The van der Waals surface area contributed by atoms with Crippen LogP contribution in [0.2, 0.25) is 0 Å². The van der Waals surface area contributed by atoms with E-state index >= 15 is 0 Å². The number of ether oxygens (including phenoxy) is 1. The van der Waals surface area contributed by atoms with Crippen molar-refractivity contribution < 1.29 is 13.2 Å². The third-order valence-corrected chi connectivity index (χ3v) is 4.40. The van der Waals surface area contributed by atoms with Crippen LogP contribution in [0.3, 0.4) is 0 Å². The molecule has 0 fully saturated rings. The zero-order valence-electron chi connectivity index (χ0n) is 10.8. The van der Waals surface area contributed by atoms with E-state index in [0.717, 1.165) is 0 Å². The molecule has 8 heteroatoms. The Balaban J connectivity index is 2.26. The minimum absolute atomic E-state index is 0.0907. The SMILES string of the molecule is CCOc1ccc(Br)cc1S(=O)(=O)NCc1ncc[nH]1. The standard InChI is InChI=1S/C12H14BrN3O3S/c1-2-19-10-4-3-9(13)7-11(10)20(17,18)16-8-12-14-5-6-15-12/h3-7,16H,2,8H2,1H3,(H,14,15). The highest BCUT2D eigenvalue weighted by molar-refractivity contribution is 9.10. The summed E-state index contributed by atoms with van der Waals surface area (Å²) in [5, 5.41) is 0. The quantitative estimate of drug-likeness (QED) is 0.826. The highest BCUT2D eigenvalue weighted by atomic mass is 79.9. The number of rotatable bonds is 6. The first-order valence-electron chi connectivity index (χ1n) is 5.93. The second-order valence-corrected chi connectivity index (χ2v) is 6.54. The van der Waals surface area contributed by atoms with Crippen molar-refractivity contribution >= 4 is 26.0 Å². The third kappa shape index (κ3) is 3.59. The highest BCUT2D eigenvalue weighted by Crippen LogP contribution is 2.27. The molecular formula is C12H14BrN3O3S. The number of nitrogens with one attached hydrogen (secondary N) is 2. The van der Waals surface area contributed by atoms with Crippen molar-refractivity contribution in [3.05, 3.63) is 40.9 Å². The summed E-state index contributed by atoms with van der Waals surface area (Å²) >= 11 is 3.26. The van der Waals surface area contributed by atoms with Crippen LogP contribution in [0.15, 0.2) is 40.0 Å². The molecule has 2 rings (SSSR count). The fourth-order valence-electron chi connectivity index (χ4n) is 1.60. The molecule has 0 amide bonds. The van der Waals surface area contributed by atoms with Gasteiger partial charge in [0.25, 0.3) is 0 Å². The first kappa shape index (κ1) is 15.0. The lowest BCUT2D eigenvalue weighted by molar-refractivity contribution is 0.331. The van der Waals surface area contributed by atoms with E-state index in [4.69, 9.17) is 4.74 Å². The van der Waals surface area contributed by atoms with Crippen LogP contribution >= 0.6 is 15.9 Å². The van der Waals surface area contributed by atoms with Crippen LogP contribution < -0.4 is 9.46 Å². The van der Waals surface area contributed by atoms with Gasteiger partial charge < -0.3 is 9.72 Å². The van der Waals surface area contributed by atoms with E-state index in [-0.39, 0.29) is 11.4 Å². The number of aromatic nitrogens is 2. The van der Waals surface area contributed by atoms with Gasteiger partial charge in [-0.05, 0) is 25.1 Å². The lowest BCUT2D eigenvalue weighted by Crippen LogP contribution is -2.24. The van der Waals surface area contributed by atoms with Crippen molar-refractivity contribution in [2.75, 3.05) is 6.61 Å². The van der Waals surface area contributed by atoms with Crippen molar-refractivity contribution in [1.82, 2.24) is 14.7 Å². The zero-order valence-corrected chi connectivity index (χ0v) is 13.2. The van der Waals surface area contributed by atoms with E-state index < -0.39 is 10.0 Å². The molecule has 0 atom stereocenters. The van der Waals surface area contributed by atoms with Gasteiger partial charge in [0, 0.05) is 16.9 Å². The number of H-pyrrole nitrogens is 1. The lowest BCUT2D eigenvalue weighted by Gasteiger charge is -2.11. The Hall–Kier alpha value is -1.38. The second-order valence-electron chi connectivity index (χ2n) is 3.88. The predicted octanol–water partition coefficient (Wildman–Crippen LogP) is 2.05. The molecule has 0 saturated carbocycles. The minimum Gasteiger partial charge on any atom is -0.492 e. The fraction of sp³-hybridized carbons (Fsp3) is 0.250. The van der Waals surface area contributed by atoms with E-state index in [2.05, 4.69) is 30.6 Å². The summed E-state index contributed by atoms with van der Waals surface area (Å²) in [5.74, 6) is 0.865. The zero-order chi connectivity index (χ0) is 14.6. The Labute approximate surface area is 125 Å². The van der Waals surface area contributed by atoms with Crippen LogP contribution in [0, 0.1) is 0 Å². The molecule has 0 radical (unpaired) electrons. The summed E-state index contributed by atoms with van der Waals surface area (Å²) < 4.78 is 33.1. The molecular weight excluding hydrogens is 346 g/mol. The van der Waals surface area contributed by atoms with Gasteiger partial charge in [0.2, 0.25) is 10.0 Å². The first-order chi connectivity index (χ1) is 9.53. The average Bonchev–Trinajstić information content (AvgIpc) is 2.92. The maximum absolute atomic E-state index is 12.3. The van der Waals surface area contributed by atoms with Crippen molar-refractivity contribution in [3.8, 4) is 5.75 Å². The molecule has 0 unspecified atom stereocenters. The summed E-state index contributed by atoms with van der Waals surface area (Å²) in [6.07, 6.45) is 3.20. The first-order valence-corrected chi connectivity index (χ1v) is 8.21. The number of hydrogen-bond acceptors (Lipinski definition) is 4. The smallest absolute Gasteiger partial charge is 0.244 e. The summed E-state index contributed by atoms with van der Waals surface area (Å²) in [6.45, 7) is 2.28. The van der Waals surface area contributed by atoms with Crippen LogP contribution in [0.4, 0.5) is 0 Å². The molecule has 1 heterocycles. The Morgan fingerprint density at radius 2 is 2.25 bits per heavy atom. The molecule has 2 aromatic rings. The van der Waals surface area contributed by atoms with Gasteiger partial charge in [-0.1, -0.05) is 15.9 Å². The van der Waals surface area contributed by atoms with Crippen molar-refractivity contribution in [2.45, 2.75) is 18.4 Å². The molecule has 0 aliphatic carbocycles. The molecule has 0 aliphatic rings. The Kier molecular flexibility index (Phi) is 4.79. The molecule has 1 aromatic heterocycles. The summed E-state index contributed by atoms with van der Waals surface area (Å²) in [7, 11) is -3.68. The molecule has 0 bridgehead atoms. The molecule has 6 nitrogen and oxygen atoms in total. The largest absolute Gasteiger partial charge is 0.492 e. The van der Waals surface area contributed by atoms with E-state index in [1.54, 1.807) is 31.5 Å². The monoisotopic (exact) mass is 359 g/mol. The number of nitrogens with zero attached hydrogens (tertiary/aromatic N) is 1. The van der Waals surface area contributed by atoms with Crippen LogP contribution in [-0.2, 0) is 16.6 Å². The second kappa shape index (κ2) is 6.38. The number of benzene rings is 1. The summed E-state index contributed by atoms with van der Waals surface area (Å²) in [4.78, 5) is 6.90. The van der Waals surface area contributed by atoms with Crippen molar-refractivity contribution in [1.29, 1.82) is 0 Å². The topological polar surface area (TPSA) is 84.1 Å². The van der Waals surface area contributed by atoms with Crippen LogP contribution in [0.1, 0.15) is 12.7 Å². The van der Waals surface area contributed by atoms with E-state index in [0.29, 0.717) is 22.7 Å². The van der Waals surface area contributed by atoms with Gasteiger partial charge in [0.05, 0.1) is 13.2 Å². The molecule has 2 N–H and O–H groups in total.